The standard InChI is InChI=1S/C13H23N3OS/c1-11-13(18-10-15-11)9-16(5-6-17-2)8-12-3-4-14-7-12/h10,12,14H,3-9H2,1-2H3. The Hall–Kier alpha value is -0.490. The van der Waals surface area contributed by atoms with Crippen LogP contribution in [0.25, 0.3) is 0 Å². The van der Waals surface area contributed by atoms with E-state index in [-0.39, 0.29) is 0 Å². The molecule has 1 aromatic heterocycles. The van der Waals surface area contributed by atoms with E-state index in [0.29, 0.717) is 0 Å². The maximum absolute atomic E-state index is 5.22. The van der Waals surface area contributed by atoms with Gasteiger partial charge in [0.2, 0.25) is 0 Å². The van der Waals surface area contributed by atoms with Gasteiger partial charge in [-0.05, 0) is 32.4 Å². The monoisotopic (exact) mass is 269 g/mol. The minimum absolute atomic E-state index is 0.787. The minimum atomic E-state index is 0.787. The van der Waals surface area contributed by atoms with E-state index in [4.69, 9.17) is 4.74 Å². The molecule has 18 heavy (non-hydrogen) atoms. The third-order valence-electron chi connectivity index (χ3n) is 3.50. The van der Waals surface area contributed by atoms with Crippen molar-refractivity contribution in [3.63, 3.8) is 0 Å². The van der Waals surface area contributed by atoms with Crippen LogP contribution in [-0.4, -0.2) is 49.8 Å². The van der Waals surface area contributed by atoms with Gasteiger partial charge in [0.1, 0.15) is 0 Å². The van der Waals surface area contributed by atoms with E-state index in [0.717, 1.165) is 38.7 Å². The molecule has 0 aromatic carbocycles. The van der Waals surface area contributed by atoms with E-state index < -0.39 is 0 Å². The summed E-state index contributed by atoms with van der Waals surface area (Å²) in [5.41, 5.74) is 3.11. The van der Waals surface area contributed by atoms with Crippen molar-refractivity contribution in [2.24, 2.45) is 5.92 Å². The van der Waals surface area contributed by atoms with Gasteiger partial charge in [-0.25, -0.2) is 4.98 Å². The molecule has 0 amide bonds. The number of hydrogen-bond donors (Lipinski definition) is 1. The van der Waals surface area contributed by atoms with E-state index in [1.807, 2.05) is 5.51 Å². The molecule has 1 fully saturated rings. The first-order valence-electron chi connectivity index (χ1n) is 6.60. The number of ether oxygens (including phenoxy) is 1. The number of nitrogens with zero attached hydrogens (tertiary/aromatic N) is 2. The predicted molar refractivity (Wildman–Crippen MR) is 75.0 cm³/mol. The molecule has 0 radical (unpaired) electrons. The molecule has 0 aliphatic carbocycles. The molecule has 0 bridgehead atoms. The lowest BCUT2D eigenvalue weighted by Gasteiger charge is -2.24. The van der Waals surface area contributed by atoms with Gasteiger partial charge in [-0.2, -0.15) is 0 Å². The maximum Gasteiger partial charge on any atom is 0.0798 e. The molecular weight excluding hydrogens is 246 g/mol. The molecule has 0 saturated carbocycles. The molecule has 102 valence electrons. The Morgan fingerprint density at radius 1 is 1.61 bits per heavy atom. The predicted octanol–water partition coefficient (Wildman–Crippen LogP) is 1.51. The molecule has 2 heterocycles. The molecule has 2 rings (SSSR count). The highest BCUT2D eigenvalue weighted by Gasteiger charge is 2.19. The zero-order valence-electron chi connectivity index (χ0n) is 11.3. The third kappa shape index (κ3) is 4.02. The molecule has 5 heteroatoms. The number of rotatable bonds is 7. The molecule has 1 aromatic rings. The van der Waals surface area contributed by atoms with Crippen LogP contribution in [0.4, 0.5) is 0 Å². The molecule has 1 atom stereocenters. The van der Waals surface area contributed by atoms with Crippen molar-refractivity contribution in [3.8, 4) is 0 Å². The van der Waals surface area contributed by atoms with Crippen LogP contribution in [0.2, 0.25) is 0 Å². The number of aryl methyl sites for hydroxylation is 1. The van der Waals surface area contributed by atoms with Gasteiger partial charge >= 0.3 is 0 Å². The fourth-order valence-corrected chi connectivity index (χ4v) is 3.19. The van der Waals surface area contributed by atoms with Crippen molar-refractivity contribution in [3.05, 3.63) is 16.1 Å². The van der Waals surface area contributed by atoms with Gasteiger partial charge in [0.05, 0.1) is 17.8 Å². The average Bonchev–Trinajstić information content (AvgIpc) is 2.99. The second-order valence-electron chi connectivity index (χ2n) is 4.95. The molecule has 4 nitrogen and oxygen atoms in total. The number of nitrogens with one attached hydrogen (secondary N) is 1. The minimum Gasteiger partial charge on any atom is -0.383 e. The van der Waals surface area contributed by atoms with E-state index in [9.17, 15) is 0 Å². The Morgan fingerprint density at radius 2 is 2.50 bits per heavy atom. The van der Waals surface area contributed by atoms with Gasteiger partial charge in [0.15, 0.2) is 0 Å². The van der Waals surface area contributed by atoms with Crippen molar-refractivity contribution in [2.75, 3.05) is 39.9 Å². The summed E-state index contributed by atoms with van der Waals surface area (Å²) >= 11 is 1.76. The van der Waals surface area contributed by atoms with Crippen LogP contribution in [0.5, 0.6) is 0 Å². The Balaban J connectivity index is 1.89. The molecule has 1 aliphatic rings. The van der Waals surface area contributed by atoms with Crippen LogP contribution in [0.3, 0.4) is 0 Å². The average molecular weight is 269 g/mol. The lowest BCUT2D eigenvalue weighted by atomic mass is 10.1. The summed E-state index contributed by atoms with van der Waals surface area (Å²) in [6.07, 6.45) is 1.30. The van der Waals surface area contributed by atoms with Gasteiger partial charge in [0, 0.05) is 31.6 Å². The largest absolute Gasteiger partial charge is 0.383 e. The Labute approximate surface area is 113 Å². The second kappa shape index (κ2) is 7.19. The molecule has 1 N–H and O–H groups in total. The van der Waals surface area contributed by atoms with Gasteiger partial charge in [0.25, 0.3) is 0 Å². The Morgan fingerprint density at radius 3 is 3.11 bits per heavy atom. The summed E-state index contributed by atoms with van der Waals surface area (Å²) in [6, 6.07) is 0. The first-order chi connectivity index (χ1) is 8.79. The van der Waals surface area contributed by atoms with Crippen LogP contribution in [-0.2, 0) is 11.3 Å². The molecule has 1 saturated heterocycles. The maximum atomic E-state index is 5.22. The van der Waals surface area contributed by atoms with Crippen LogP contribution in [0.15, 0.2) is 5.51 Å². The zero-order chi connectivity index (χ0) is 12.8. The normalized spacial score (nSPS) is 19.8. The number of hydrogen-bond acceptors (Lipinski definition) is 5. The van der Waals surface area contributed by atoms with Crippen LogP contribution < -0.4 is 5.32 Å². The first-order valence-corrected chi connectivity index (χ1v) is 7.48. The zero-order valence-corrected chi connectivity index (χ0v) is 12.1. The van der Waals surface area contributed by atoms with Crippen LogP contribution in [0, 0.1) is 12.8 Å². The van der Waals surface area contributed by atoms with Crippen molar-refractivity contribution in [1.82, 2.24) is 15.2 Å². The van der Waals surface area contributed by atoms with Gasteiger partial charge in [-0.15, -0.1) is 11.3 Å². The van der Waals surface area contributed by atoms with Crippen LogP contribution >= 0.6 is 11.3 Å². The smallest absolute Gasteiger partial charge is 0.0798 e. The number of aromatic nitrogens is 1. The first kappa shape index (κ1) is 13.9. The van der Waals surface area contributed by atoms with Crippen LogP contribution in [0.1, 0.15) is 17.0 Å². The summed E-state index contributed by atoms with van der Waals surface area (Å²) in [7, 11) is 1.77. The summed E-state index contributed by atoms with van der Waals surface area (Å²) in [4.78, 5) is 8.22. The number of methoxy groups -OCH3 is 1. The number of thiazole rings is 1. The molecule has 1 unspecified atom stereocenters. The van der Waals surface area contributed by atoms with E-state index in [2.05, 4.69) is 22.1 Å². The second-order valence-corrected chi connectivity index (χ2v) is 5.89. The topological polar surface area (TPSA) is 37.4 Å². The van der Waals surface area contributed by atoms with E-state index >= 15 is 0 Å². The van der Waals surface area contributed by atoms with Gasteiger partial charge in [-0.3, -0.25) is 4.90 Å². The summed E-state index contributed by atoms with van der Waals surface area (Å²) in [5, 5.41) is 3.44. The lowest BCUT2D eigenvalue weighted by Crippen LogP contribution is -2.32. The van der Waals surface area contributed by atoms with E-state index in [1.165, 1.54) is 23.5 Å². The molecule has 1 aliphatic heterocycles. The fourth-order valence-electron chi connectivity index (χ4n) is 2.37. The molecular formula is C13H23N3OS. The SMILES string of the molecule is COCCN(Cc1scnc1C)CC1CCNC1. The van der Waals surface area contributed by atoms with Crippen molar-refractivity contribution in [2.45, 2.75) is 19.9 Å². The summed E-state index contributed by atoms with van der Waals surface area (Å²) in [6.45, 7) is 8.40. The Bertz CT molecular complexity index is 350. The quantitative estimate of drug-likeness (QED) is 0.814. The third-order valence-corrected chi connectivity index (χ3v) is 4.42. The van der Waals surface area contributed by atoms with Gasteiger partial charge < -0.3 is 10.1 Å². The highest BCUT2D eigenvalue weighted by Crippen LogP contribution is 2.17. The summed E-state index contributed by atoms with van der Waals surface area (Å²) in [5.74, 6) is 0.787. The highest BCUT2D eigenvalue weighted by molar-refractivity contribution is 7.09. The Kier molecular flexibility index (Phi) is 5.56. The van der Waals surface area contributed by atoms with Gasteiger partial charge in [-0.1, -0.05) is 0 Å². The summed E-state index contributed by atoms with van der Waals surface area (Å²) < 4.78 is 5.22. The van der Waals surface area contributed by atoms with Crippen molar-refractivity contribution in [1.29, 1.82) is 0 Å². The van der Waals surface area contributed by atoms with Crippen molar-refractivity contribution < 1.29 is 4.74 Å². The molecule has 0 spiro atoms. The highest BCUT2D eigenvalue weighted by atomic mass is 32.1. The van der Waals surface area contributed by atoms with Crippen molar-refractivity contribution >= 4 is 11.3 Å². The fraction of sp³-hybridized carbons (Fsp3) is 0.769. The van der Waals surface area contributed by atoms with E-state index in [1.54, 1.807) is 18.4 Å². The lowest BCUT2D eigenvalue weighted by molar-refractivity contribution is 0.134.